The zero-order chi connectivity index (χ0) is 13.8. The van der Waals surface area contributed by atoms with Crippen LogP contribution in [0.2, 0.25) is 0 Å². The van der Waals surface area contributed by atoms with Gasteiger partial charge in [-0.2, -0.15) is 0 Å². The number of carboxylic acid groups (broad SMARTS) is 1. The second kappa shape index (κ2) is 5.53. The molecular formula is C13H13NO5. The Morgan fingerprint density at radius 2 is 2.16 bits per heavy atom. The molecule has 0 atom stereocenters. The minimum atomic E-state index is -1.16. The van der Waals surface area contributed by atoms with Crippen LogP contribution in [0.4, 0.5) is 0 Å². The van der Waals surface area contributed by atoms with Crippen LogP contribution >= 0.6 is 0 Å². The van der Waals surface area contributed by atoms with Crippen molar-refractivity contribution in [2.45, 2.75) is 6.61 Å². The van der Waals surface area contributed by atoms with Gasteiger partial charge in [-0.05, 0) is 17.7 Å². The molecule has 0 amide bonds. The molecule has 100 valence electrons. The lowest BCUT2D eigenvalue weighted by atomic mass is 10.1. The van der Waals surface area contributed by atoms with E-state index in [2.05, 4.69) is 5.16 Å². The van der Waals surface area contributed by atoms with Gasteiger partial charge < -0.3 is 19.1 Å². The monoisotopic (exact) mass is 263 g/mol. The fourth-order valence-corrected chi connectivity index (χ4v) is 1.71. The molecule has 1 aromatic heterocycles. The Hall–Kier alpha value is -2.34. The molecule has 0 saturated heterocycles. The third-order valence-corrected chi connectivity index (χ3v) is 2.57. The molecule has 2 aromatic rings. The van der Waals surface area contributed by atoms with Gasteiger partial charge in [0.2, 0.25) is 5.76 Å². The van der Waals surface area contributed by atoms with Crippen LogP contribution in [0.1, 0.15) is 16.1 Å². The number of methoxy groups -OCH3 is 2. The van der Waals surface area contributed by atoms with Crippen LogP contribution in [0.25, 0.3) is 11.3 Å². The zero-order valence-corrected chi connectivity index (χ0v) is 10.5. The maximum absolute atomic E-state index is 10.8. The molecule has 19 heavy (non-hydrogen) atoms. The highest BCUT2D eigenvalue weighted by Crippen LogP contribution is 2.30. The zero-order valence-electron chi connectivity index (χ0n) is 10.5. The molecule has 1 N–H and O–H groups in total. The van der Waals surface area contributed by atoms with E-state index >= 15 is 0 Å². The Kier molecular flexibility index (Phi) is 3.82. The van der Waals surface area contributed by atoms with Crippen LogP contribution in [0.15, 0.2) is 28.8 Å². The number of nitrogens with zero attached hydrogens (tertiary/aromatic N) is 1. The van der Waals surface area contributed by atoms with Crippen molar-refractivity contribution in [3.8, 4) is 17.0 Å². The van der Waals surface area contributed by atoms with Crippen molar-refractivity contribution < 1.29 is 23.9 Å². The summed E-state index contributed by atoms with van der Waals surface area (Å²) >= 11 is 0. The van der Waals surface area contributed by atoms with Crippen molar-refractivity contribution in [2.24, 2.45) is 0 Å². The van der Waals surface area contributed by atoms with Gasteiger partial charge in [0.15, 0.2) is 0 Å². The summed E-state index contributed by atoms with van der Waals surface area (Å²) in [5.74, 6) is -0.787. The molecule has 0 aliphatic carbocycles. The molecule has 6 heteroatoms. The van der Waals surface area contributed by atoms with Gasteiger partial charge in [-0.25, -0.2) is 4.79 Å². The summed E-state index contributed by atoms with van der Waals surface area (Å²) in [5.41, 5.74) is 2.00. The second-order valence-electron chi connectivity index (χ2n) is 3.85. The van der Waals surface area contributed by atoms with Crippen molar-refractivity contribution in [3.63, 3.8) is 0 Å². The highest BCUT2D eigenvalue weighted by molar-refractivity contribution is 5.86. The predicted molar refractivity (Wildman–Crippen MR) is 66.2 cm³/mol. The van der Waals surface area contributed by atoms with Crippen molar-refractivity contribution in [3.05, 3.63) is 35.6 Å². The van der Waals surface area contributed by atoms with E-state index < -0.39 is 5.97 Å². The van der Waals surface area contributed by atoms with Gasteiger partial charge in [-0.15, -0.1) is 0 Å². The van der Waals surface area contributed by atoms with E-state index in [0.29, 0.717) is 23.6 Å². The maximum atomic E-state index is 10.8. The summed E-state index contributed by atoms with van der Waals surface area (Å²) in [6, 6.07) is 6.82. The predicted octanol–water partition coefficient (Wildman–Crippen LogP) is 2.19. The average molecular weight is 263 g/mol. The van der Waals surface area contributed by atoms with E-state index in [-0.39, 0.29) is 5.76 Å². The van der Waals surface area contributed by atoms with E-state index in [4.69, 9.17) is 19.1 Å². The quantitative estimate of drug-likeness (QED) is 0.890. The topological polar surface area (TPSA) is 81.8 Å². The molecule has 0 saturated carbocycles. The number of rotatable bonds is 5. The van der Waals surface area contributed by atoms with Gasteiger partial charge in [0, 0.05) is 18.7 Å². The number of ether oxygens (including phenoxy) is 2. The average Bonchev–Trinajstić information content (AvgIpc) is 2.88. The Bertz CT molecular complexity index is 590. The Labute approximate surface area is 109 Å². The van der Waals surface area contributed by atoms with E-state index in [1.807, 2.05) is 12.1 Å². The molecule has 0 bridgehead atoms. The van der Waals surface area contributed by atoms with Crippen LogP contribution in [0.5, 0.6) is 5.75 Å². The normalized spacial score (nSPS) is 10.4. The summed E-state index contributed by atoms with van der Waals surface area (Å²) in [6.45, 7) is 0.445. The number of aromatic nitrogens is 1. The SMILES string of the molecule is COCc1ccc(OC)c(-c2cc(C(=O)O)on2)c1. The minimum absolute atomic E-state index is 0.214. The Balaban J connectivity index is 2.45. The summed E-state index contributed by atoms with van der Waals surface area (Å²) in [6.07, 6.45) is 0. The molecule has 1 heterocycles. The molecule has 2 rings (SSSR count). The van der Waals surface area contributed by atoms with Crippen molar-refractivity contribution in [1.82, 2.24) is 5.16 Å². The van der Waals surface area contributed by atoms with Gasteiger partial charge in [0.05, 0.1) is 13.7 Å². The van der Waals surface area contributed by atoms with E-state index in [1.54, 1.807) is 13.2 Å². The lowest BCUT2D eigenvalue weighted by molar-refractivity contribution is 0.0652. The second-order valence-corrected chi connectivity index (χ2v) is 3.85. The molecule has 0 aliphatic heterocycles. The van der Waals surface area contributed by atoms with Gasteiger partial charge in [0.25, 0.3) is 0 Å². The first-order valence-electron chi connectivity index (χ1n) is 5.52. The highest BCUT2D eigenvalue weighted by atomic mass is 16.5. The molecule has 0 radical (unpaired) electrons. The first-order chi connectivity index (χ1) is 9.15. The summed E-state index contributed by atoms with van der Waals surface area (Å²) in [7, 11) is 3.13. The van der Waals surface area contributed by atoms with E-state index in [1.165, 1.54) is 13.2 Å². The van der Waals surface area contributed by atoms with Gasteiger partial charge in [-0.3, -0.25) is 0 Å². The molecule has 6 nitrogen and oxygen atoms in total. The molecule has 0 aliphatic rings. The van der Waals surface area contributed by atoms with E-state index in [9.17, 15) is 4.79 Å². The van der Waals surface area contributed by atoms with Gasteiger partial charge in [0.1, 0.15) is 11.4 Å². The van der Waals surface area contributed by atoms with Crippen LogP contribution in [-0.2, 0) is 11.3 Å². The lowest BCUT2D eigenvalue weighted by Gasteiger charge is -2.08. The number of benzene rings is 1. The molecule has 1 aromatic carbocycles. The summed E-state index contributed by atoms with van der Waals surface area (Å²) in [4.78, 5) is 10.8. The number of hydrogen-bond acceptors (Lipinski definition) is 5. The van der Waals surface area contributed by atoms with Crippen LogP contribution in [0.3, 0.4) is 0 Å². The van der Waals surface area contributed by atoms with Gasteiger partial charge in [-0.1, -0.05) is 11.2 Å². The fourth-order valence-electron chi connectivity index (χ4n) is 1.71. The largest absolute Gasteiger partial charge is 0.496 e. The van der Waals surface area contributed by atoms with E-state index in [0.717, 1.165) is 5.56 Å². The molecule has 0 spiro atoms. The first kappa shape index (κ1) is 13.1. The number of aromatic carboxylic acids is 1. The molecule has 0 unspecified atom stereocenters. The van der Waals surface area contributed by atoms with Crippen LogP contribution in [-0.4, -0.2) is 30.5 Å². The van der Waals surface area contributed by atoms with Crippen molar-refractivity contribution >= 4 is 5.97 Å². The summed E-state index contributed by atoms with van der Waals surface area (Å²) < 4.78 is 15.0. The van der Waals surface area contributed by atoms with Crippen LogP contribution in [0, 0.1) is 0 Å². The highest BCUT2D eigenvalue weighted by Gasteiger charge is 2.15. The van der Waals surface area contributed by atoms with Crippen LogP contribution < -0.4 is 4.74 Å². The number of carboxylic acids is 1. The number of hydrogen-bond donors (Lipinski definition) is 1. The standard InChI is InChI=1S/C13H13NO5/c1-17-7-8-3-4-11(18-2)9(5-8)10-6-12(13(15)16)19-14-10/h3-6H,7H2,1-2H3,(H,15,16). The Morgan fingerprint density at radius 1 is 1.37 bits per heavy atom. The number of carbonyl (C=O) groups is 1. The Morgan fingerprint density at radius 3 is 2.74 bits per heavy atom. The fraction of sp³-hybridized carbons (Fsp3) is 0.231. The molecular weight excluding hydrogens is 250 g/mol. The molecule has 0 fully saturated rings. The third kappa shape index (κ3) is 2.74. The minimum Gasteiger partial charge on any atom is -0.496 e. The summed E-state index contributed by atoms with van der Waals surface area (Å²) in [5, 5.41) is 12.6. The van der Waals surface area contributed by atoms with Crippen molar-refractivity contribution in [2.75, 3.05) is 14.2 Å². The van der Waals surface area contributed by atoms with Crippen molar-refractivity contribution in [1.29, 1.82) is 0 Å². The third-order valence-electron chi connectivity index (χ3n) is 2.57. The van der Waals surface area contributed by atoms with Gasteiger partial charge >= 0.3 is 5.97 Å². The lowest BCUT2D eigenvalue weighted by Crippen LogP contribution is -1.93. The first-order valence-corrected chi connectivity index (χ1v) is 5.52. The smallest absolute Gasteiger partial charge is 0.374 e. The maximum Gasteiger partial charge on any atom is 0.374 e.